The van der Waals surface area contributed by atoms with Crippen LogP contribution in [0.4, 0.5) is 0 Å². The Bertz CT molecular complexity index is 824. The maximum absolute atomic E-state index is 9.82. The lowest BCUT2D eigenvalue weighted by Crippen LogP contribution is -1.95. The highest BCUT2D eigenvalue weighted by molar-refractivity contribution is 5.68. The van der Waals surface area contributed by atoms with Crippen LogP contribution in [0.2, 0.25) is 0 Å². The van der Waals surface area contributed by atoms with Crippen LogP contribution >= 0.6 is 0 Å². The summed E-state index contributed by atoms with van der Waals surface area (Å²) in [6.07, 6.45) is 14.4. The van der Waals surface area contributed by atoms with E-state index < -0.39 is 0 Å². The Labute approximate surface area is 400 Å². The van der Waals surface area contributed by atoms with Crippen molar-refractivity contribution in [3.63, 3.8) is 0 Å². The summed E-state index contributed by atoms with van der Waals surface area (Å²) in [5.74, 6) is -1.90. The Morgan fingerprint density at radius 1 is 0.197 bits per heavy atom. The first-order valence-electron chi connectivity index (χ1n) is 23.1. The van der Waals surface area contributed by atoms with Gasteiger partial charge in [-0.3, -0.25) is 43.2 Å². The highest BCUT2D eigenvalue weighted by atomic mass is 16.6. The average Bonchev–Trinajstić information content (AvgIpc) is 3.18. The van der Waals surface area contributed by atoms with Gasteiger partial charge in [-0.1, -0.05) is 78.1 Å². The van der Waals surface area contributed by atoms with Crippen molar-refractivity contribution in [3.8, 4) is 0 Å². The molecule has 0 unspecified atom stereocenters. The molecule has 0 aliphatic rings. The quantitative estimate of drug-likeness (QED) is 0.0705. The molecule has 0 aromatic rings. The molecule has 0 heterocycles. The van der Waals surface area contributed by atoms with Crippen molar-refractivity contribution >= 4 is 53.7 Å². The molecule has 0 fully saturated rings. The summed E-state index contributed by atoms with van der Waals surface area (Å²) in [7, 11) is 0. The first-order valence-corrected chi connectivity index (χ1v) is 23.1. The van der Waals surface area contributed by atoms with Gasteiger partial charge in [0.25, 0.3) is 0 Å². The minimum Gasteiger partial charge on any atom is -0.466 e. The number of hydrogen-bond donors (Lipinski definition) is 0. The zero-order chi connectivity index (χ0) is 54.0. The largest absolute Gasteiger partial charge is 0.466 e. The molecule has 398 valence electrons. The number of rotatable bonds is 18. The Balaban J connectivity index is -0.0000000668. The zero-order valence-corrected chi connectivity index (χ0v) is 45.3. The maximum atomic E-state index is 9.82. The molecule has 0 aliphatic carbocycles. The molecule has 0 aromatic heterocycles. The molecule has 0 saturated heterocycles. The van der Waals surface area contributed by atoms with Gasteiger partial charge in [0.05, 0.1) is 59.5 Å². The van der Waals surface area contributed by atoms with Gasteiger partial charge < -0.3 is 42.6 Å². The molecule has 0 amide bonds. The summed E-state index contributed by atoms with van der Waals surface area (Å²) in [5, 5.41) is 0. The van der Waals surface area contributed by atoms with E-state index in [1.165, 1.54) is 127 Å². The van der Waals surface area contributed by atoms with Crippen LogP contribution in [0, 0.1) is 0 Å². The van der Waals surface area contributed by atoms with Crippen molar-refractivity contribution in [1.29, 1.82) is 0 Å². The van der Waals surface area contributed by atoms with E-state index in [9.17, 15) is 43.2 Å². The average molecular weight is 963 g/mol. The van der Waals surface area contributed by atoms with Crippen molar-refractivity contribution < 1.29 is 85.8 Å². The van der Waals surface area contributed by atoms with E-state index >= 15 is 0 Å². The fraction of sp³-hybridized carbons (Fsp3) is 0.812. The van der Waals surface area contributed by atoms with Crippen molar-refractivity contribution in [1.82, 2.24) is 0 Å². The fourth-order valence-corrected chi connectivity index (χ4v) is 3.39. The number of ether oxygens (including phenoxy) is 9. The lowest BCUT2D eigenvalue weighted by Gasteiger charge is -1.99. The van der Waals surface area contributed by atoms with Crippen LogP contribution in [-0.4, -0.2) is 113 Å². The smallest absolute Gasteiger partial charge is 0.302 e. The second-order valence-electron chi connectivity index (χ2n) is 12.1. The van der Waals surface area contributed by atoms with E-state index in [0.29, 0.717) is 59.5 Å². The molecular formula is C48H98O18. The first kappa shape index (κ1) is 84.6. The standard InChI is InChI=1S/C12H26.9C4H8O2/c1-3-5-7-9-11-12-10-8-6-4-2;9*1-3-6-4(2)5/h3-12H2,1-2H3;9*3H2,1-2H3. The second-order valence-corrected chi connectivity index (χ2v) is 12.1. The van der Waals surface area contributed by atoms with Crippen LogP contribution in [0.3, 0.4) is 0 Å². The molecule has 0 N–H and O–H groups in total. The van der Waals surface area contributed by atoms with E-state index in [2.05, 4.69) is 56.5 Å². The topological polar surface area (TPSA) is 237 Å². The van der Waals surface area contributed by atoms with Crippen molar-refractivity contribution in [3.05, 3.63) is 0 Å². The minimum absolute atomic E-state index is 0.211. The van der Waals surface area contributed by atoms with E-state index in [0.717, 1.165) is 0 Å². The predicted molar refractivity (Wildman–Crippen MR) is 258 cm³/mol. The summed E-state index contributed by atoms with van der Waals surface area (Å²) in [6.45, 7) is 37.4. The first-order chi connectivity index (χ1) is 30.8. The van der Waals surface area contributed by atoms with Crippen LogP contribution in [0.1, 0.15) is 203 Å². The van der Waals surface area contributed by atoms with Crippen LogP contribution < -0.4 is 0 Å². The highest BCUT2D eigenvalue weighted by Crippen LogP contribution is 2.09. The Morgan fingerprint density at radius 3 is 0.333 bits per heavy atom. The van der Waals surface area contributed by atoms with Gasteiger partial charge in [-0.05, 0) is 62.3 Å². The van der Waals surface area contributed by atoms with Gasteiger partial charge in [0, 0.05) is 62.3 Å². The lowest BCUT2D eigenvalue weighted by atomic mass is 10.1. The highest BCUT2D eigenvalue weighted by Gasteiger charge is 1.91. The van der Waals surface area contributed by atoms with Gasteiger partial charge in [0.15, 0.2) is 0 Å². The molecule has 0 spiro atoms. The van der Waals surface area contributed by atoms with E-state index in [4.69, 9.17) is 0 Å². The third kappa shape index (κ3) is 206. The monoisotopic (exact) mass is 963 g/mol. The van der Waals surface area contributed by atoms with Crippen LogP contribution in [0.15, 0.2) is 0 Å². The van der Waals surface area contributed by atoms with Gasteiger partial charge in [-0.2, -0.15) is 0 Å². The molecule has 0 bridgehead atoms. The molecule has 0 aliphatic heterocycles. The number of carbonyl (C=O) groups is 9. The van der Waals surface area contributed by atoms with E-state index in [1.54, 1.807) is 62.3 Å². The minimum atomic E-state index is -0.211. The molecule has 0 atom stereocenters. The molecule has 18 nitrogen and oxygen atoms in total. The second kappa shape index (κ2) is 83.7. The number of carbonyl (C=O) groups excluding carboxylic acids is 9. The van der Waals surface area contributed by atoms with Crippen molar-refractivity contribution in [2.24, 2.45) is 0 Å². The van der Waals surface area contributed by atoms with Gasteiger partial charge in [0.1, 0.15) is 0 Å². The van der Waals surface area contributed by atoms with Crippen molar-refractivity contribution in [2.45, 2.75) is 203 Å². The normalized spacial score (nSPS) is 8.18. The molecule has 0 aromatic carbocycles. The van der Waals surface area contributed by atoms with Gasteiger partial charge in [-0.25, -0.2) is 0 Å². The van der Waals surface area contributed by atoms with Crippen LogP contribution in [0.5, 0.6) is 0 Å². The van der Waals surface area contributed by atoms with Gasteiger partial charge >= 0.3 is 53.7 Å². The molecular weight excluding hydrogens is 865 g/mol. The summed E-state index contributed by atoms with van der Waals surface area (Å²) < 4.78 is 39.6. The zero-order valence-electron chi connectivity index (χ0n) is 45.3. The third-order valence-corrected chi connectivity index (χ3v) is 5.59. The molecule has 0 radical (unpaired) electrons. The maximum Gasteiger partial charge on any atom is 0.302 e. The summed E-state index contributed by atoms with van der Waals surface area (Å²) in [6, 6.07) is 0. The van der Waals surface area contributed by atoms with E-state index in [-0.39, 0.29) is 53.7 Å². The fourth-order valence-electron chi connectivity index (χ4n) is 3.39. The van der Waals surface area contributed by atoms with Gasteiger partial charge in [0.2, 0.25) is 0 Å². The number of unbranched alkanes of at least 4 members (excludes halogenated alkanes) is 9. The number of hydrogen-bond acceptors (Lipinski definition) is 18. The van der Waals surface area contributed by atoms with E-state index in [1.807, 2.05) is 0 Å². The Morgan fingerprint density at radius 2 is 0.288 bits per heavy atom. The molecule has 66 heavy (non-hydrogen) atoms. The predicted octanol–water partition coefficient (Wildman–Crippen LogP) is 10.1. The number of esters is 9. The van der Waals surface area contributed by atoms with Gasteiger partial charge in [-0.15, -0.1) is 0 Å². The summed E-state index contributed by atoms with van der Waals surface area (Å²) in [5.41, 5.74) is 0. The Kier molecular flexibility index (Phi) is 107. The molecule has 18 heteroatoms. The molecule has 0 saturated carbocycles. The Hall–Kier alpha value is -4.77. The summed E-state index contributed by atoms with van der Waals surface area (Å²) >= 11 is 0. The SMILES string of the molecule is CCCCCCCCCCCC.CCOC(C)=O.CCOC(C)=O.CCOC(C)=O.CCOC(C)=O.CCOC(C)=O.CCOC(C)=O.CCOC(C)=O.CCOC(C)=O.CCOC(C)=O. The molecule has 0 rings (SSSR count). The lowest BCUT2D eigenvalue weighted by molar-refractivity contribution is -0.141. The van der Waals surface area contributed by atoms with Crippen molar-refractivity contribution in [2.75, 3.05) is 59.5 Å². The van der Waals surface area contributed by atoms with Crippen LogP contribution in [0.25, 0.3) is 0 Å². The van der Waals surface area contributed by atoms with Crippen LogP contribution in [-0.2, 0) is 85.8 Å². The summed E-state index contributed by atoms with van der Waals surface area (Å²) in [4.78, 5) is 88.4. The third-order valence-electron chi connectivity index (χ3n) is 5.59.